The molecule has 1 heterocycles. The minimum absolute atomic E-state index is 0.00185. The highest BCUT2D eigenvalue weighted by molar-refractivity contribution is 5.91. The highest BCUT2D eigenvalue weighted by atomic mass is 16.7. The molecule has 1 aliphatic heterocycles. The van der Waals surface area contributed by atoms with Gasteiger partial charge in [-0.3, -0.25) is 0 Å². The molecule has 1 aliphatic rings. The van der Waals surface area contributed by atoms with Gasteiger partial charge in [-0.05, 0) is 12.1 Å². The van der Waals surface area contributed by atoms with Crippen molar-refractivity contribution in [2.45, 2.75) is 30.7 Å². The van der Waals surface area contributed by atoms with Gasteiger partial charge in [-0.1, -0.05) is 0 Å². The number of aliphatic hydroxyl groups is 4. The summed E-state index contributed by atoms with van der Waals surface area (Å²) in [6.45, 7) is -0.630. The lowest BCUT2D eigenvalue weighted by Crippen LogP contribution is -2.60. The van der Waals surface area contributed by atoms with Gasteiger partial charge in [0.15, 0.2) is 11.5 Å². The zero-order valence-electron chi connectivity index (χ0n) is 13.5. The molecule has 1 aromatic carbocycles. The average Bonchev–Trinajstić information content (AvgIpc) is 2.62. The Bertz CT molecular complexity index is 617. The lowest BCUT2D eigenvalue weighted by molar-refractivity contribution is -0.277. The number of phenols is 1. The molecular formula is C15H20O10. The Morgan fingerprint density at radius 1 is 1.16 bits per heavy atom. The van der Waals surface area contributed by atoms with E-state index in [1.165, 1.54) is 20.3 Å². The monoisotopic (exact) mass is 360 g/mol. The predicted molar refractivity (Wildman–Crippen MR) is 80.4 cm³/mol. The maximum absolute atomic E-state index is 11.6. The molecule has 2 rings (SSSR count). The van der Waals surface area contributed by atoms with E-state index in [0.717, 1.165) is 6.07 Å². The summed E-state index contributed by atoms with van der Waals surface area (Å²) in [5.41, 5.74) is -0.00185. The molecule has 140 valence electrons. The Labute approximate surface area is 142 Å². The molecule has 1 fully saturated rings. The fourth-order valence-electron chi connectivity index (χ4n) is 2.37. The number of benzene rings is 1. The fourth-order valence-corrected chi connectivity index (χ4v) is 2.37. The van der Waals surface area contributed by atoms with Gasteiger partial charge in [0.2, 0.25) is 12.0 Å². The summed E-state index contributed by atoms with van der Waals surface area (Å²) in [5.74, 6) is -1.54. The summed E-state index contributed by atoms with van der Waals surface area (Å²) in [4.78, 5) is 11.6. The van der Waals surface area contributed by atoms with E-state index < -0.39 is 49.0 Å². The minimum atomic E-state index is -1.66. The summed E-state index contributed by atoms with van der Waals surface area (Å²) < 4.78 is 20.2. The van der Waals surface area contributed by atoms with Gasteiger partial charge < -0.3 is 44.5 Å². The van der Waals surface area contributed by atoms with Crippen LogP contribution in [0.25, 0.3) is 0 Å². The number of methoxy groups -OCH3 is 2. The fraction of sp³-hybridized carbons (Fsp3) is 0.533. The summed E-state index contributed by atoms with van der Waals surface area (Å²) >= 11 is 0. The van der Waals surface area contributed by atoms with Crippen molar-refractivity contribution < 1.29 is 49.3 Å². The van der Waals surface area contributed by atoms with Crippen LogP contribution in [0.15, 0.2) is 12.1 Å². The van der Waals surface area contributed by atoms with Crippen molar-refractivity contribution in [2.75, 3.05) is 20.8 Å². The highest BCUT2D eigenvalue weighted by Gasteiger charge is 2.45. The molecule has 0 aliphatic carbocycles. The van der Waals surface area contributed by atoms with Crippen LogP contribution in [0.3, 0.4) is 0 Å². The zero-order valence-corrected chi connectivity index (χ0v) is 13.5. The number of carbonyl (C=O) groups is 1. The maximum Gasteiger partial charge on any atom is 0.338 e. The Hall–Kier alpha value is -2.11. The number of esters is 1. The van der Waals surface area contributed by atoms with Gasteiger partial charge in [0.25, 0.3) is 0 Å². The van der Waals surface area contributed by atoms with Crippen LogP contribution in [0.1, 0.15) is 10.4 Å². The molecule has 5 unspecified atom stereocenters. The summed E-state index contributed by atoms with van der Waals surface area (Å²) in [5, 5.41) is 48.8. The second-order valence-corrected chi connectivity index (χ2v) is 5.33. The van der Waals surface area contributed by atoms with Crippen molar-refractivity contribution in [1.29, 1.82) is 0 Å². The van der Waals surface area contributed by atoms with Crippen molar-refractivity contribution >= 4 is 5.97 Å². The van der Waals surface area contributed by atoms with Gasteiger partial charge in [0.05, 0.1) is 26.4 Å². The first-order valence-corrected chi connectivity index (χ1v) is 7.30. The van der Waals surface area contributed by atoms with Crippen LogP contribution in [0, 0.1) is 0 Å². The topological polar surface area (TPSA) is 155 Å². The number of carbonyl (C=O) groups excluding carboxylic acids is 1. The quantitative estimate of drug-likeness (QED) is 0.386. The molecule has 5 atom stereocenters. The van der Waals surface area contributed by atoms with Gasteiger partial charge >= 0.3 is 5.97 Å². The molecular weight excluding hydrogens is 340 g/mol. The van der Waals surface area contributed by atoms with Crippen LogP contribution in [0.5, 0.6) is 17.2 Å². The summed E-state index contributed by atoms with van der Waals surface area (Å²) in [6, 6.07) is 2.30. The number of aliphatic hydroxyl groups excluding tert-OH is 4. The van der Waals surface area contributed by atoms with E-state index in [9.17, 15) is 30.3 Å². The molecule has 0 spiro atoms. The van der Waals surface area contributed by atoms with Gasteiger partial charge in [0, 0.05) is 0 Å². The number of hydrogen-bond donors (Lipinski definition) is 5. The Kier molecular flexibility index (Phi) is 6.03. The van der Waals surface area contributed by atoms with Crippen LogP contribution >= 0.6 is 0 Å². The lowest BCUT2D eigenvalue weighted by atomic mass is 9.99. The maximum atomic E-state index is 11.6. The largest absolute Gasteiger partial charge is 0.504 e. The average molecular weight is 360 g/mol. The molecule has 0 saturated carbocycles. The predicted octanol–water partition coefficient (Wildman–Crippen LogP) is -1.63. The standard InChI is InChI=1S/C15H20O10/c1-22-8-4-6(14(21)23-2)3-7(17)13(8)25-15-12(20)11(19)10(18)9(5-16)24-15/h3-4,9-12,15-20H,5H2,1-2H3. The normalized spacial score (nSPS) is 29.1. The lowest BCUT2D eigenvalue weighted by Gasteiger charge is -2.39. The first kappa shape index (κ1) is 19.2. The Balaban J connectivity index is 2.31. The molecule has 10 nitrogen and oxygen atoms in total. The summed E-state index contributed by atoms with van der Waals surface area (Å²) in [6.07, 6.45) is -7.54. The van der Waals surface area contributed by atoms with E-state index in [0.29, 0.717) is 0 Å². The molecule has 10 heteroatoms. The number of hydrogen-bond acceptors (Lipinski definition) is 10. The minimum Gasteiger partial charge on any atom is -0.504 e. The highest BCUT2D eigenvalue weighted by Crippen LogP contribution is 2.40. The van der Waals surface area contributed by atoms with Crippen LogP contribution in [-0.4, -0.2) is 83.0 Å². The van der Waals surface area contributed by atoms with Gasteiger partial charge in [0.1, 0.15) is 24.4 Å². The van der Waals surface area contributed by atoms with E-state index in [1.807, 2.05) is 0 Å². The molecule has 0 radical (unpaired) electrons. The van der Waals surface area contributed by atoms with E-state index in [1.54, 1.807) is 0 Å². The second-order valence-electron chi connectivity index (χ2n) is 5.33. The smallest absolute Gasteiger partial charge is 0.338 e. The SMILES string of the molecule is COC(=O)c1cc(O)c(OC2OC(CO)C(O)C(O)C2O)c(OC)c1. The molecule has 1 aromatic rings. The van der Waals surface area contributed by atoms with Gasteiger partial charge in [-0.2, -0.15) is 0 Å². The van der Waals surface area contributed by atoms with Gasteiger partial charge in [-0.15, -0.1) is 0 Å². The second kappa shape index (κ2) is 7.85. The molecule has 0 aromatic heterocycles. The number of rotatable bonds is 5. The van der Waals surface area contributed by atoms with Crippen LogP contribution in [0.4, 0.5) is 0 Å². The van der Waals surface area contributed by atoms with Crippen LogP contribution < -0.4 is 9.47 Å². The Morgan fingerprint density at radius 2 is 1.84 bits per heavy atom. The number of ether oxygens (including phenoxy) is 4. The number of phenolic OH excluding ortho intramolecular Hbond substituents is 1. The van der Waals surface area contributed by atoms with Crippen molar-refractivity contribution in [1.82, 2.24) is 0 Å². The van der Waals surface area contributed by atoms with E-state index in [4.69, 9.17) is 14.2 Å². The van der Waals surface area contributed by atoms with Crippen molar-refractivity contribution in [3.63, 3.8) is 0 Å². The first-order chi connectivity index (χ1) is 11.8. The molecule has 5 N–H and O–H groups in total. The third-order valence-electron chi connectivity index (χ3n) is 3.76. The molecule has 1 saturated heterocycles. The molecule has 0 bridgehead atoms. The van der Waals surface area contributed by atoms with Gasteiger partial charge in [-0.25, -0.2) is 4.79 Å². The van der Waals surface area contributed by atoms with Crippen molar-refractivity contribution in [3.8, 4) is 17.2 Å². The van der Waals surface area contributed by atoms with E-state index in [-0.39, 0.29) is 17.1 Å². The zero-order chi connectivity index (χ0) is 18.7. The Morgan fingerprint density at radius 3 is 2.40 bits per heavy atom. The first-order valence-electron chi connectivity index (χ1n) is 7.30. The van der Waals surface area contributed by atoms with E-state index in [2.05, 4.69) is 4.74 Å². The van der Waals surface area contributed by atoms with Crippen molar-refractivity contribution in [2.24, 2.45) is 0 Å². The third kappa shape index (κ3) is 3.78. The van der Waals surface area contributed by atoms with E-state index >= 15 is 0 Å². The molecule has 25 heavy (non-hydrogen) atoms. The van der Waals surface area contributed by atoms with Crippen LogP contribution in [-0.2, 0) is 9.47 Å². The van der Waals surface area contributed by atoms with Crippen molar-refractivity contribution in [3.05, 3.63) is 17.7 Å². The number of aromatic hydroxyl groups is 1. The van der Waals surface area contributed by atoms with Crippen LogP contribution in [0.2, 0.25) is 0 Å². The molecule has 0 amide bonds. The summed E-state index contributed by atoms with van der Waals surface area (Å²) in [7, 11) is 2.43. The third-order valence-corrected chi connectivity index (χ3v) is 3.76.